The van der Waals surface area contributed by atoms with Crippen LogP contribution in [0.15, 0.2) is 42.5 Å². The Labute approximate surface area is 551 Å². The fraction of sp³-hybridized carbons (Fsp3) is 0.712. The number of hydrogen-bond acceptors (Lipinski definition) is 16. The number of likely N-dealkylation sites (tertiary alicyclic amines) is 1. The number of imide groups is 1. The molecule has 0 radical (unpaired) electrons. The molecule has 0 bridgehead atoms. The first-order valence-electron chi connectivity index (χ1n) is 32.8. The van der Waals surface area contributed by atoms with E-state index in [-0.39, 0.29) is 61.8 Å². The third-order valence-corrected chi connectivity index (χ3v) is 17.9. The van der Waals surface area contributed by atoms with Crippen molar-refractivity contribution in [2.75, 3.05) is 94.8 Å². The van der Waals surface area contributed by atoms with Crippen molar-refractivity contribution in [3.05, 3.63) is 48.0 Å². The van der Waals surface area contributed by atoms with Crippen LogP contribution in [0.2, 0.25) is 0 Å². The first-order valence-corrected chi connectivity index (χ1v) is 32.8. The Morgan fingerprint density at radius 1 is 0.699 bits per heavy atom. The zero-order chi connectivity index (χ0) is 70.0. The van der Waals surface area contributed by atoms with Gasteiger partial charge < -0.3 is 76.7 Å². The van der Waals surface area contributed by atoms with Crippen LogP contribution < -0.4 is 37.6 Å². The number of hydrogen-bond donors (Lipinski definition) is 8. The van der Waals surface area contributed by atoms with Gasteiger partial charge in [0.15, 0.2) is 0 Å². The molecule has 0 unspecified atom stereocenters. The number of nitrogens with two attached hydrogens (primary N) is 1. The van der Waals surface area contributed by atoms with Gasteiger partial charge in [0, 0.05) is 86.2 Å². The van der Waals surface area contributed by atoms with Gasteiger partial charge in [-0.25, -0.2) is 4.79 Å². The number of nitrogens with one attached hydrogen (secondary N) is 6. The van der Waals surface area contributed by atoms with E-state index in [0.29, 0.717) is 70.5 Å². The second kappa shape index (κ2) is 39.6. The Balaban J connectivity index is 1.69. The molecule has 0 aromatic heterocycles. The Morgan fingerprint density at radius 2 is 1.31 bits per heavy atom. The highest BCUT2D eigenvalue weighted by Gasteiger charge is 2.44. The van der Waals surface area contributed by atoms with Crippen molar-refractivity contribution in [2.45, 2.75) is 181 Å². The van der Waals surface area contributed by atoms with Gasteiger partial charge in [0.05, 0.1) is 55.3 Å². The zero-order valence-electron chi connectivity index (χ0n) is 58.0. The van der Waals surface area contributed by atoms with Crippen molar-refractivity contribution in [3.8, 4) is 0 Å². The molecular formula is C66H111N13O14. The minimum Gasteiger partial charge on any atom is -0.386 e. The summed E-state index contributed by atoms with van der Waals surface area (Å²) < 4.78 is 12.1. The molecule has 12 atom stereocenters. The Hall–Kier alpha value is -7.07. The molecule has 2 heterocycles. The van der Waals surface area contributed by atoms with E-state index < -0.39 is 132 Å². The van der Waals surface area contributed by atoms with Gasteiger partial charge in [0.1, 0.15) is 24.2 Å². The van der Waals surface area contributed by atoms with Gasteiger partial charge in [0.2, 0.25) is 47.3 Å². The van der Waals surface area contributed by atoms with Crippen molar-refractivity contribution in [1.29, 1.82) is 0 Å². The number of carbonyl (C=O) groups is 11. The van der Waals surface area contributed by atoms with Crippen molar-refractivity contribution < 1.29 is 67.3 Å². The molecule has 524 valence electrons. The van der Waals surface area contributed by atoms with E-state index in [2.05, 4.69) is 36.8 Å². The van der Waals surface area contributed by atoms with Gasteiger partial charge in [-0.3, -0.25) is 52.8 Å². The summed E-state index contributed by atoms with van der Waals surface area (Å²) >= 11 is 0. The van der Waals surface area contributed by atoms with Gasteiger partial charge in [-0.05, 0) is 88.9 Å². The Kier molecular flexibility index (Phi) is 34.1. The van der Waals surface area contributed by atoms with Crippen LogP contribution in [0, 0.1) is 29.6 Å². The van der Waals surface area contributed by atoms with E-state index in [0.717, 1.165) is 0 Å². The number of primary amides is 1. The molecule has 27 nitrogen and oxygen atoms in total. The molecule has 27 heteroatoms. The number of likely N-dealkylation sites (N-methyl/N-ethyl adjacent to an activating group) is 4. The second-order valence-corrected chi connectivity index (χ2v) is 26.0. The van der Waals surface area contributed by atoms with Gasteiger partial charge in [-0.1, -0.05) is 99.1 Å². The summed E-state index contributed by atoms with van der Waals surface area (Å²) in [5, 5.41) is 27.4. The number of aliphatic hydroxyl groups is 1. The molecule has 3 rings (SSSR count). The Morgan fingerprint density at radius 3 is 1.87 bits per heavy atom. The SMILES string of the molecule is CC[C@H](C)[C@@H]([C@@H](CC(=O)N1CCC[C@H]1[C@H](OC)[C@@H](C)C(=O)N[C@H](C)[C@@H](O)c1ccccc1)OC)N(C)C(=O)[C@@H](NC(=O)[C@H](C(C)C)N(C)C(=O)CNC(=O)[C@H](CCCNC(N)=O)NC(=O)[C@@H](NC(=O)CCN(C)CCN(C)CCCN1C(=O)C=CC1=O)C(C)C)C(C)C. The number of carbonyl (C=O) groups excluding carboxylic acids is 11. The molecule has 12 amide bonds. The lowest BCUT2D eigenvalue weighted by atomic mass is 9.89. The van der Waals surface area contributed by atoms with Crippen LogP contribution in [0.1, 0.15) is 132 Å². The molecule has 2 aliphatic rings. The maximum atomic E-state index is 14.9. The summed E-state index contributed by atoms with van der Waals surface area (Å²) in [6.07, 6.45) is 2.70. The fourth-order valence-corrected chi connectivity index (χ4v) is 12.0. The summed E-state index contributed by atoms with van der Waals surface area (Å²) in [6, 6.07) is 2.02. The van der Waals surface area contributed by atoms with Crippen LogP contribution in [0.4, 0.5) is 4.79 Å². The molecule has 0 spiro atoms. The number of benzene rings is 1. The highest BCUT2D eigenvalue weighted by atomic mass is 16.5. The first-order chi connectivity index (χ1) is 43.8. The quantitative estimate of drug-likeness (QED) is 0.0340. The van der Waals surface area contributed by atoms with Gasteiger partial charge >= 0.3 is 6.03 Å². The van der Waals surface area contributed by atoms with E-state index in [1.54, 1.807) is 79.5 Å². The number of urea groups is 1. The molecule has 2 aliphatic heterocycles. The van der Waals surface area contributed by atoms with Gasteiger partial charge in [-0.2, -0.15) is 0 Å². The van der Waals surface area contributed by atoms with Crippen molar-refractivity contribution in [2.24, 2.45) is 35.3 Å². The van der Waals surface area contributed by atoms with E-state index >= 15 is 0 Å². The summed E-state index contributed by atoms with van der Waals surface area (Å²) in [5.41, 5.74) is 5.93. The molecule has 0 saturated carbocycles. The first kappa shape index (κ1) is 80.2. The maximum absolute atomic E-state index is 14.9. The number of amides is 12. The van der Waals surface area contributed by atoms with E-state index in [9.17, 15) is 57.8 Å². The minimum atomic E-state index is -1.24. The zero-order valence-corrected chi connectivity index (χ0v) is 58.0. The fourth-order valence-electron chi connectivity index (χ4n) is 12.0. The van der Waals surface area contributed by atoms with Crippen LogP contribution in [0.3, 0.4) is 0 Å². The molecule has 93 heavy (non-hydrogen) atoms. The molecule has 1 fully saturated rings. The monoisotopic (exact) mass is 1310 g/mol. The normalized spacial score (nSPS) is 17.7. The van der Waals surface area contributed by atoms with Crippen molar-refractivity contribution in [3.63, 3.8) is 0 Å². The molecule has 1 aromatic rings. The third kappa shape index (κ3) is 24.7. The largest absolute Gasteiger partial charge is 0.386 e. The number of methoxy groups -OCH3 is 2. The average molecular weight is 1310 g/mol. The maximum Gasteiger partial charge on any atom is 0.312 e. The predicted octanol–water partition coefficient (Wildman–Crippen LogP) is 1.53. The number of nitrogens with zero attached hydrogens (tertiary/aromatic N) is 6. The van der Waals surface area contributed by atoms with Crippen LogP contribution in [0.25, 0.3) is 0 Å². The summed E-state index contributed by atoms with van der Waals surface area (Å²) in [5.74, 6) is -7.01. The average Bonchev–Trinajstić information content (AvgIpc) is 1.81. The smallest absolute Gasteiger partial charge is 0.312 e. The standard InChI is InChI=1S/C66H111N13O14/c1-17-43(8)58(49(92-15)38-53(83)78-33-22-27-48(78)60(93-16)44(9)61(86)70-45(10)59(85)46-24-19-18-20-25-46)77(14)65(90)56(41(4)5)73-64(89)57(42(6)7)76(13)54(84)39-69-62(87)47(26-21-31-68-66(67)91)71-63(88)55(40(2)3)72-50(80)30-35-75(12)37-36-74(11)32-23-34-79-51(81)28-29-52(79)82/h18-20,24-25,28-29,40-45,47-49,55-60,85H,17,21-23,26-27,30-39H2,1-16H3,(H,69,87)(H,70,86)(H,71,88)(H,72,80)(H,73,89)(H3,67,68,91)/t43-,44+,45+,47-,48-,49+,55-,56-,57-,58-,59+,60+/m0/s1. The van der Waals surface area contributed by atoms with Gasteiger partial charge in [-0.15, -0.1) is 0 Å². The lowest BCUT2D eigenvalue weighted by Crippen LogP contribution is -2.61. The summed E-state index contributed by atoms with van der Waals surface area (Å²) in [4.78, 5) is 158. The third-order valence-electron chi connectivity index (χ3n) is 17.9. The second-order valence-electron chi connectivity index (χ2n) is 26.0. The highest BCUT2D eigenvalue weighted by molar-refractivity contribution is 6.12. The summed E-state index contributed by atoms with van der Waals surface area (Å²) in [7, 11) is 9.81. The van der Waals surface area contributed by atoms with Crippen LogP contribution >= 0.6 is 0 Å². The molecule has 9 N–H and O–H groups in total. The summed E-state index contributed by atoms with van der Waals surface area (Å²) in [6.45, 7) is 20.4. The lowest BCUT2D eigenvalue weighted by Gasteiger charge is -2.41. The molecule has 0 aliphatic carbocycles. The van der Waals surface area contributed by atoms with Crippen LogP contribution in [-0.4, -0.2) is 249 Å². The van der Waals surface area contributed by atoms with Gasteiger partial charge in [0.25, 0.3) is 11.8 Å². The van der Waals surface area contributed by atoms with E-state index in [1.165, 1.54) is 48.1 Å². The number of aliphatic hydroxyl groups excluding tert-OH is 1. The molecule has 1 saturated heterocycles. The molecule has 1 aromatic carbocycles. The van der Waals surface area contributed by atoms with Crippen LogP contribution in [0.5, 0.6) is 0 Å². The predicted molar refractivity (Wildman–Crippen MR) is 352 cm³/mol. The van der Waals surface area contributed by atoms with Crippen molar-refractivity contribution in [1.82, 2.24) is 61.3 Å². The minimum absolute atomic E-state index is 0.00112. The van der Waals surface area contributed by atoms with E-state index in [4.69, 9.17) is 15.2 Å². The Bertz CT molecular complexity index is 2650. The molecular weight excluding hydrogens is 1200 g/mol. The van der Waals surface area contributed by atoms with Crippen LogP contribution in [-0.2, 0) is 57.4 Å². The topological polar surface area (TPSA) is 344 Å². The lowest BCUT2D eigenvalue weighted by molar-refractivity contribution is -0.148. The number of ether oxygens (including phenoxy) is 2. The van der Waals surface area contributed by atoms with E-state index in [1.807, 2.05) is 51.0 Å². The number of rotatable bonds is 41. The highest BCUT2D eigenvalue weighted by Crippen LogP contribution is 2.30. The van der Waals surface area contributed by atoms with Crippen molar-refractivity contribution >= 4 is 65.1 Å².